The highest BCUT2D eigenvalue weighted by atomic mass is 35.6. The highest BCUT2D eigenvalue weighted by Crippen LogP contribution is 2.26. The van der Waals surface area contributed by atoms with E-state index < -0.39 is 34.5 Å². The van der Waals surface area contributed by atoms with Crippen molar-refractivity contribution >= 4 is 69.9 Å². The molecule has 0 bridgehead atoms. The van der Waals surface area contributed by atoms with Crippen molar-refractivity contribution in [1.82, 2.24) is 10.3 Å². The summed E-state index contributed by atoms with van der Waals surface area (Å²) in [4.78, 5) is 39.2. The van der Waals surface area contributed by atoms with Gasteiger partial charge in [-0.3, -0.25) is 15.0 Å². The highest BCUT2D eigenvalue weighted by molar-refractivity contribution is 7.07. The van der Waals surface area contributed by atoms with Crippen molar-refractivity contribution in [2.24, 2.45) is 0 Å². The number of nitrogens with zero attached hydrogens (tertiary/aromatic N) is 2. The van der Waals surface area contributed by atoms with Gasteiger partial charge in [-0.05, 0) is 0 Å². The third-order valence-corrected chi connectivity index (χ3v) is 3.02. The Morgan fingerprint density at radius 3 is 2.55 bits per heavy atom. The molecule has 0 aliphatic heterocycles. The summed E-state index contributed by atoms with van der Waals surface area (Å²) >= 11 is 17.4. The van der Waals surface area contributed by atoms with E-state index in [1.54, 1.807) is 0 Å². The molecule has 1 heterocycles. The minimum Gasteiger partial charge on any atom is -0.478 e. The van der Waals surface area contributed by atoms with Gasteiger partial charge < -0.3 is 9.84 Å². The Bertz CT molecular complexity index is 549. The van der Waals surface area contributed by atoms with Crippen LogP contribution in [0.3, 0.4) is 0 Å². The Labute approximate surface area is 143 Å². The van der Waals surface area contributed by atoms with Crippen LogP contribution in [0, 0.1) is 0 Å². The van der Waals surface area contributed by atoms with Gasteiger partial charge in [0.2, 0.25) is 15.9 Å². The van der Waals surface area contributed by atoms with Crippen LogP contribution >= 0.6 is 46.1 Å². The van der Waals surface area contributed by atoms with Gasteiger partial charge >= 0.3 is 12.1 Å². The fourth-order valence-corrected chi connectivity index (χ4v) is 2.03. The molecule has 0 spiro atoms. The molecule has 0 saturated heterocycles. The minimum atomic E-state index is -1.84. The molecule has 1 aromatic heterocycles. The van der Waals surface area contributed by atoms with Crippen LogP contribution in [0.2, 0.25) is 0 Å². The second-order valence-corrected chi connectivity index (χ2v) is 7.05. The van der Waals surface area contributed by atoms with Gasteiger partial charge in [-0.25, -0.2) is 14.6 Å². The minimum absolute atomic E-state index is 0.0755. The van der Waals surface area contributed by atoms with E-state index in [1.165, 1.54) is 10.9 Å². The van der Waals surface area contributed by atoms with Crippen LogP contribution in [0.1, 0.15) is 6.92 Å². The molecule has 122 valence electrons. The lowest BCUT2D eigenvalue weighted by Crippen LogP contribution is -2.55. The highest BCUT2D eigenvalue weighted by Gasteiger charge is 2.33. The molecule has 12 heteroatoms. The first-order valence-corrected chi connectivity index (χ1v) is 7.60. The van der Waals surface area contributed by atoms with Gasteiger partial charge in [0, 0.05) is 12.3 Å². The molecule has 22 heavy (non-hydrogen) atoms. The molecule has 2 N–H and O–H groups in total. The number of carboxylic acid groups (broad SMARTS) is 1. The smallest absolute Gasteiger partial charge is 0.409 e. The van der Waals surface area contributed by atoms with E-state index in [0.29, 0.717) is 0 Å². The number of ether oxygens (including phenoxy) is 1. The zero-order valence-corrected chi connectivity index (χ0v) is 14.0. The predicted molar refractivity (Wildman–Crippen MR) is 81.5 cm³/mol. The van der Waals surface area contributed by atoms with E-state index in [4.69, 9.17) is 34.8 Å². The molecule has 1 unspecified atom stereocenters. The Morgan fingerprint density at radius 1 is 1.50 bits per heavy atom. The normalized spacial score (nSPS) is 12.4. The third kappa shape index (κ3) is 5.84. The number of rotatable bonds is 5. The maximum absolute atomic E-state index is 11.7. The Kier molecular flexibility index (Phi) is 6.66. The van der Waals surface area contributed by atoms with Gasteiger partial charge in [0.1, 0.15) is 12.4 Å². The number of carboxylic acids is 1. The summed E-state index contributed by atoms with van der Waals surface area (Å²) in [5, 5.41) is 12.6. The maximum Gasteiger partial charge on any atom is 0.409 e. The van der Waals surface area contributed by atoms with E-state index in [1.807, 2.05) is 5.32 Å². The molecule has 8 nitrogen and oxygen atoms in total. The first kappa shape index (κ1) is 18.8. The number of halogens is 3. The summed E-state index contributed by atoms with van der Waals surface area (Å²) < 4.78 is 2.73. The predicted octanol–water partition coefficient (Wildman–Crippen LogP) is 2.00. The van der Waals surface area contributed by atoms with Gasteiger partial charge in [-0.1, -0.05) is 34.8 Å². The second kappa shape index (κ2) is 7.82. The molecule has 1 rings (SSSR count). The van der Waals surface area contributed by atoms with Crippen molar-refractivity contribution in [2.75, 3.05) is 11.5 Å². The van der Waals surface area contributed by atoms with Crippen LogP contribution in [0.4, 0.5) is 10.6 Å². The van der Waals surface area contributed by atoms with Crippen molar-refractivity contribution in [1.29, 1.82) is 0 Å². The number of thiazole rings is 1. The van der Waals surface area contributed by atoms with E-state index in [2.05, 4.69) is 9.72 Å². The third-order valence-electron chi connectivity index (χ3n) is 2.12. The zero-order valence-electron chi connectivity index (χ0n) is 11.0. The number of alkyl carbamates (subject to hydrolysis) is 1. The Balaban J connectivity index is 2.86. The van der Waals surface area contributed by atoms with E-state index in [-0.39, 0.29) is 5.82 Å². The largest absolute Gasteiger partial charge is 0.478 e. The average Bonchev–Trinajstić information content (AvgIpc) is 2.87. The molecule has 1 aromatic rings. The van der Waals surface area contributed by atoms with Crippen LogP contribution in [0.25, 0.3) is 0 Å². The summed E-state index contributed by atoms with van der Waals surface area (Å²) in [6, 6.07) is 0. The summed E-state index contributed by atoms with van der Waals surface area (Å²) in [7, 11) is 0. The second-order valence-electron chi connectivity index (χ2n) is 3.81. The SMILES string of the molecule is CC(=O)N(c1cscn1)C(NC(=O)OCC(Cl)(Cl)Cl)C(=O)O. The van der Waals surface area contributed by atoms with Crippen molar-refractivity contribution in [3.63, 3.8) is 0 Å². The first-order chi connectivity index (χ1) is 10.1. The number of aromatic nitrogens is 1. The van der Waals surface area contributed by atoms with Gasteiger partial charge in [-0.15, -0.1) is 11.3 Å². The summed E-state index contributed by atoms with van der Waals surface area (Å²) in [6.45, 7) is 0.538. The van der Waals surface area contributed by atoms with Crippen LogP contribution in [-0.4, -0.2) is 44.6 Å². The molecule has 0 radical (unpaired) electrons. The molecule has 0 fully saturated rings. The van der Waals surface area contributed by atoms with Crippen molar-refractivity contribution in [3.8, 4) is 0 Å². The number of anilines is 1. The quantitative estimate of drug-likeness (QED) is 0.588. The number of carbonyl (C=O) groups is 3. The molecular formula is C10H10Cl3N3O5S. The summed E-state index contributed by atoms with van der Waals surface area (Å²) in [5.41, 5.74) is 1.41. The molecule has 2 amide bonds. The molecule has 0 aliphatic carbocycles. The fourth-order valence-electron chi connectivity index (χ4n) is 1.34. The lowest BCUT2D eigenvalue weighted by Gasteiger charge is -2.26. The Morgan fingerprint density at radius 2 is 2.14 bits per heavy atom. The number of nitrogens with one attached hydrogen (secondary N) is 1. The van der Waals surface area contributed by atoms with Gasteiger partial charge in [-0.2, -0.15) is 0 Å². The van der Waals surface area contributed by atoms with Crippen LogP contribution < -0.4 is 10.2 Å². The molecule has 0 aliphatic rings. The number of alkyl halides is 3. The van der Waals surface area contributed by atoms with Crippen molar-refractivity contribution in [2.45, 2.75) is 16.9 Å². The van der Waals surface area contributed by atoms with E-state index in [9.17, 15) is 19.5 Å². The number of amides is 2. The summed E-state index contributed by atoms with van der Waals surface area (Å²) in [5.74, 6) is -2.06. The first-order valence-electron chi connectivity index (χ1n) is 5.52. The number of hydrogen-bond donors (Lipinski definition) is 2. The van der Waals surface area contributed by atoms with E-state index in [0.717, 1.165) is 23.2 Å². The number of aliphatic carboxylic acids is 1. The topological polar surface area (TPSA) is 109 Å². The van der Waals surface area contributed by atoms with E-state index >= 15 is 0 Å². The molecule has 0 aromatic carbocycles. The van der Waals surface area contributed by atoms with Gasteiger partial charge in [0.05, 0.1) is 5.51 Å². The molecule has 1 atom stereocenters. The zero-order chi connectivity index (χ0) is 16.9. The van der Waals surface area contributed by atoms with Crippen molar-refractivity contribution < 1.29 is 24.2 Å². The fraction of sp³-hybridized carbons (Fsp3) is 0.400. The molecular weight excluding hydrogens is 381 g/mol. The Hall–Kier alpha value is -1.29. The standard InChI is InChI=1S/C10H10Cl3N3O5S/c1-5(17)16(6-2-22-4-14-6)7(8(18)19)15-9(20)21-3-10(11,12)13/h2,4,7H,3H2,1H3,(H,15,20)(H,18,19). The summed E-state index contributed by atoms with van der Waals surface area (Å²) in [6.07, 6.45) is -2.89. The van der Waals surface area contributed by atoms with Gasteiger partial charge in [0.15, 0.2) is 0 Å². The number of hydrogen-bond acceptors (Lipinski definition) is 6. The van der Waals surface area contributed by atoms with Crippen molar-refractivity contribution in [3.05, 3.63) is 10.9 Å². The van der Waals surface area contributed by atoms with Crippen LogP contribution in [-0.2, 0) is 14.3 Å². The van der Waals surface area contributed by atoms with Gasteiger partial charge in [0.25, 0.3) is 0 Å². The maximum atomic E-state index is 11.7. The lowest BCUT2D eigenvalue weighted by atomic mass is 10.4. The lowest BCUT2D eigenvalue weighted by molar-refractivity contribution is -0.140. The monoisotopic (exact) mass is 389 g/mol. The molecule has 0 saturated carbocycles. The van der Waals surface area contributed by atoms with Crippen LogP contribution in [0.15, 0.2) is 10.9 Å². The number of carbonyl (C=O) groups excluding carboxylic acids is 2. The van der Waals surface area contributed by atoms with Crippen LogP contribution in [0.5, 0.6) is 0 Å². The average molecular weight is 391 g/mol.